The van der Waals surface area contributed by atoms with Crippen LogP contribution in [0.2, 0.25) is 0 Å². The molecule has 0 fully saturated rings. The lowest BCUT2D eigenvalue weighted by atomic mass is 10.1. The van der Waals surface area contributed by atoms with Crippen molar-refractivity contribution in [2.45, 2.75) is 19.5 Å². The summed E-state index contributed by atoms with van der Waals surface area (Å²) in [5.41, 5.74) is -0.305. The average molecular weight is 283 g/mol. The van der Waals surface area contributed by atoms with E-state index in [1.54, 1.807) is 0 Å². The molecule has 0 aliphatic carbocycles. The van der Waals surface area contributed by atoms with Gasteiger partial charge in [0, 0.05) is 23.7 Å². The van der Waals surface area contributed by atoms with E-state index in [1.165, 1.54) is 19.1 Å². The molecule has 0 aliphatic heterocycles. The van der Waals surface area contributed by atoms with Crippen LogP contribution in [-0.2, 0) is 6.54 Å². The molecule has 2 aromatic rings. The Morgan fingerprint density at radius 3 is 1.80 bits per heavy atom. The van der Waals surface area contributed by atoms with Gasteiger partial charge in [-0.15, -0.1) is 0 Å². The summed E-state index contributed by atoms with van der Waals surface area (Å²) in [6.07, 6.45) is 0. The van der Waals surface area contributed by atoms with Gasteiger partial charge < -0.3 is 5.32 Å². The normalized spacial score (nSPS) is 12.4. The molecule has 2 rings (SSSR count). The standard InChI is InChI=1S/C15H13F4N/c1-9(15-13(18)6-3-7-14(15)19)20-8-10-11(16)4-2-5-12(10)17/h2-7,9,20H,8H2,1H3. The first-order valence-corrected chi connectivity index (χ1v) is 6.11. The number of hydrogen-bond acceptors (Lipinski definition) is 1. The maximum Gasteiger partial charge on any atom is 0.130 e. The number of halogens is 4. The van der Waals surface area contributed by atoms with Crippen molar-refractivity contribution >= 4 is 0 Å². The Balaban J connectivity index is 2.15. The minimum Gasteiger partial charge on any atom is -0.306 e. The Labute approximate surface area is 114 Å². The molecule has 1 unspecified atom stereocenters. The van der Waals surface area contributed by atoms with Gasteiger partial charge in [0.25, 0.3) is 0 Å². The van der Waals surface area contributed by atoms with Crippen LogP contribution in [0.25, 0.3) is 0 Å². The Kier molecular flexibility index (Phi) is 4.39. The maximum absolute atomic E-state index is 13.6. The SMILES string of the molecule is CC(NCc1c(F)cccc1F)c1c(F)cccc1F. The lowest BCUT2D eigenvalue weighted by molar-refractivity contribution is 0.471. The summed E-state index contributed by atoms with van der Waals surface area (Å²) in [7, 11) is 0. The zero-order chi connectivity index (χ0) is 14.7. The predicted octanol–water partition coefficient (Wildman–Crippen LogP) is 4.09. The highest BCUT2D eigenvalue weighted by Gasteiger charge is 2.17. The largest absolute Gasteiger partial charge is 0.306 e. The third-order valence-corrected chi connectivity index (χ3v) is 3.08. The van der Waals surface area contributed by atoms with Crippen LogP contribution in [0.4, 0.5) is 17.6 Å². The first-order chi connectivity index (χ1) is 9.50. The van der Waals surface area contributed by atoms with Crippen molar-refractivity contribution in [1.82, 2.24) is 5.32 Å². The average Bonchev–Trinajstić information content (AvgIpc) is 2.38. The molecule has 2 aromatic carbocycles. The third kappa shape index (κ3) is 2.99. The topological polar surface area (TPSA) is 12.0 Å². The smallest absolute Gasteiger partial charge is 0.130 e. The summed E-state index contributed by atoms with van der Waals surface area (Å²) < 4.78 is 54.0. The van der Waals surface area contributed by atoms with Crippen LogP contribution in [0.5, 0.6) is 0 Å². The van der Waals surface area contributed by atoms with Crippen molar-refractivity contribution in [3.8, 4) is 0 Å². The molecular formula is C15H13F4N. The van der Waals surface area contributed by atoms with Crippen LogP contribution in [0, 0.1) is 23.3 Å². The van der Waals surface area contributed by atoms with E-state index >= 15 is 0 Å². The van der Waals surface area contributed by atoms with Crippen molar-refractivity contribution < 1.29 is 17.6 Å². The molecule has 5 heteroatoms. The third-order valence-electron chi connectivity index (χ3n) is 3.08. The number of hydrogen-bond donors (Lipinski definition) is 1. The monoisotopic (exact) mass is 283 g/mol. The van der Waals surface area contributed by atoms with Crippen molar-refractivity contribution in [3.63, 3.8) is 0 Å². The van der Waals surface area contributed by atoms with E-state index in [2.05, 4.69) is 5.32 Å². The van der Waals surface area contributed by atoms with Crippen molar-refractivity contribution in [2.24, 2.45) is 0 Å². The minimum absolute atomic E-state index is 0.149. The number of nitrogens with one attached hydrogen (secondary N) is 1. The minimum atomic E-state index is -0.713. The van der Waals surface area contributed by atoms with Crippen LogP contribution < -0.4 is 5.32 Å². The lowest BCUT2D eigenvalue weighted by Crippen LogP contribution is -2.21. The fourth-order valence-corrected chi connectivity index (χ4v) is 1.98. The van der Waals surface area contributed by atoms with Gasteiger partial charge in [-0.1, -0.05) is 12.1 Å². The second-order valence-corrected chi connectivity index (χ2v) is 4.44. The Morgan fingerprint density at radius 2 is 1.30 bits per heavy atom. The molecule has 0 saturated carbocycles. The van der Waals surface area contributed by atoms with Crippen LogP contribution >= 0.6 is 0 Å². The molecule has 20 heavy (non-hydrogen) atoms. The zero-order valence-electron chi connectivity index (χ0n) is 10.8. The van der Waals surface area contributed by atoms with Crippen LogP contribution in [0.1, 0.15) is 24.1 Å². The molecule has 0 aliphatic rings. The van der Waals surface area contributed by atoms with E-state index in [-0.39, 0.29) is 17.7 Å². The summed E-state index contributed by atoms with van der Waals surface area (Å²) >= 11 is 0. The summed E-state index contributed by atoms with van der Waals surface area (Å²) in [4.78, 5) is 0. The molecule has 0 amide bonds. The zero-order valence-corrected chi connectivity index (χ0v) is 10.8. The number of benzene rings is 2. The van der Waals surface area contributed by atoms with E-state index in [9.17, 15) is 17.6 Å². The number of rotatable bonds is 4. The van der Waals surface area contributed by atoms with Gasteiger partial charge in [0.15, 0.2) is 0 Å². The Morgan fingerprint density at radius 1 is 0.850 bits per heavy atom. The Hall–Kier alpha value is -1.88. The van der Waals surface area contributed by atoms with Crippen LogP contribution in [0.15, 0.2) is 36.4 Å². The van der Waals surface area contributed by atoms with E-state index in [1.807, 2.05) is 0 Å². The van der Waals surface area contributed by atoms with E-state index in [0.29, 0.717) is 0 Å². The highest BCUT2D eigenvalue weighted by molar-refractivity contribution is 5.24. The molecule has 0 bridgehead atoms. The Bertz CT molecular complexity index is 572. The summed E-state index contributed by atoms with van der Waals surface area (Å²) in [6, 6.07) is 6.35. The van der Waals surface area contributed by atoms with Gasteiger partial charge in [0.2, 0.25) is 0 Å². The summed E-state index contributed by atoms with van der Waals surface area (Å²) in [6.45, 7) is 1.37. The second kappa shape index (κ2) is 6.05. The van der Waals surface area contributed by atoms with Crippen LogP contribution in [0.3, 0.4) is 0 Å². The van der Waals surface area contributed by atoms with Gasteiger partial charge >= 0.3 is 0 Å². The fourth-order valence-electron chi connectivity index (χ4n) is 1.98. The predicted molar refractivity (Wildman–Crippen MR) is 68.0 cm³/mol. The van der Waals surface area contributed by atoms with E-state index < -0.39 is 29.3 Å². The highest BCUT2D eigenvalue weighted by atomic mass is 19.1. The molecule has 0 saturated heterocycles. The molecule has 0 spiro atoms. The van der Waals surface area contributed by atoms with Crippen molar-refractivity contribution in [2.75, 3.05) is 0 Å². The van der Waals surface area contributed by atoms with Crippen LogP contribution in [-0.4, -0.2) is 0 Å². The summed E-state index contributed by atoms with van der Waals surface area (Å²) in [5, 5.41) is 2.72. The molecule has 1 nitrogen and oxygen atoms in total. The molecule has 0 radical (unpaired) electrons. The quantitative estimate of drug-likeness (QED) is 0.833. The molecule has 0 heterocycles. The summed E-state index contributed by atoms with van der Waals surface area (Å²) in [5.74, 6) is -2.78. The second-order valence-electron chi connectivity index (χ2n) is 4.44. The lowest BCUT2D eigenvalue weighted by Gasteiger charge is -2.16. The van der Waals surface area contributed by atoms with Gasteiger partial charge in [-0.25, -0.2) is 17.6 Å². The molecular weight excluding hydrogens is 270 g/mol. The maximum atomic E-state index is 13.6. The molecule has 106 valence electrons. The van der Waals surface area contributed by atoms with Gasteiger partial charge in [0.05, 0.1) is 0 Å². The molecule has 1 N–H and O–H groups in total. The van der Waals surface area contributed by atoms with Gasteiger partial charge in [-0.05, 0) is 31.2 Å². The highest BCUT2D eigenvalue weighted by Crippen LogP contribution is 2.21. The first-order valence-electron chi connectivity index (χ1n) is 6.11. The van der Waals surface area contributed by atoms with E-state index in [4.69, 9.17) is 0 Å². The van der Waals surface area contributed by atoms with E-state index in [0.717, 1.165) is 24.3 Å². The molecule has 0 aromatic heterocycles. The van der Waals surface area contributed by atoms with Gasteiger partial charge in [-0.2, -0.15) is 0 Å². The van der Waals surface area contributed by atoms with Crippen molar-refractivity contribution in [3.05, 3.63) is 70.8 Å². The first kappa shape index (κ1) is 14.5. The molecule has 1 atom stereocenters. The van der Waals surface area contributed by atoms with Crippen molar-refractivity contribution in [1.29, 1.82) is 0 Å². The fraction of sp³-hybridized carbons (Fsp3) is 0.200. The van der Waals surface area contributed by atoms with Gasteiger partial charge in [0.1, 0.15) is 23.3 Å². The van der Waals surface area contributed by atoms with Gasteiger partial charge in [-0.3, -0.25) is 0 Å².